The molecule has 32 heavy (non-hydrogen) atoms. The van der Waals surface area contributed by atoms with E-state index in [0.717, 1.165) is 24.4 Å². The number of pyridine rings is 1. The summed E-state index contributed by atoms with van der Waals surface area (Å²) in [5, 5.41) is 0.0146. The summed E-state index contributed by atoms with van der Waals surface area (Å²) >= 11 is 5.83. The van der Waals surface area contributed by atoms with E-state index in [0.29, 0.717) is 0 Å². The molecular formula is C18H12ClF2N7O3S. The number of hydrogen-bond acceptors (Lipinski definition) is 9. The van der Waals surface area contributed by atoms with Crippen LogP contribution in [0.3, 0.4) is 0 Å². The van der Waals surface area contributed by atoms with E-state index in [1.807, 2.05) is 4.72 Å². The third kappa shape index (κ3) is 3.94. The third-order valence-electron chi connectivity index (χ3n) is 4.18. The molecule has 4 aromatic rings. The first kappa shape index (κ1) is 21.5. The van der Waals surface area contributed by atoms with E-state index >= 15 is 4.39 Å². The third-order valence-corrected chi connectivity index (χ3v) is 5.74. The minimum absolute atomic E-state index is 0.0146. The van der Waals surface area contributed by atoms with Crippen molar-refractivity contribution in [3.8, 4) is 17.1 Å². The molecule has 4 rings (SSSR count). The average molecular weight is 480 g/mol. The van der Waals surface area contributed by atoms with Gasteiger partial charge in [0.1, 0.15) is 11.3 Å². The fourth-order valence-corrected chi connectivity index (χ4v) is 4.20. The summed E-state index contributed by atoms with van der Waals surface area (Å²) in [5.74, 6) is -2.51. The lowest BCUT2D eigenvalue weighted by Gasteiger charge is -2.13. The van der Waals surface area contributed by atoms with Crippen LogP contribution in [0, 0.1) is 11.6 Å². The van der Waals surface area contributed by atoms with Gasteiger partial charge in [-0.15, -0.1) is 0 Å². The molecule has 0 unspecified atom stereocenters. The fourth-order valence-electron chi connectivity index (χ4n) is 2.77. The highest BCUT2D eigenvalue weighted by molar-refractivity contribution is 7.92. The predicted molar refractivity (Wildman–Crippen MR) is 111 cm³/mol. The van der Waals surface area contributed by atoms with Crippen molar-refractivity contribution in [3.63, 3.8) is 0 Å². The van der Waals surface area contributed by atoms with Gasteiger partial charge in [-0.05, 0) is 18.2 Å². The zero-order valence-electron chi connectivity index (χ0n) is 16.0. The second kappa shape index (κ2) is 8.09. The predicted octanol–water partition coefficient (Wildman–Crippen LogP) is 2.80. The van der Waals surface area contributed by atoms with Crippen LogP contribution in [0.4, 0.5) is 20.4 Å². The number of benzene rings is 1. The molecule has 0 aliphatic carbocycles. The van der Waals surface area contributed by atoms with Gasteiger partial charge >= 0.3 is 0 Å². The number of halogens is 3. The molecule has 0 atom stereocenters. The molecule has 0 saturated heterocycles. The summed E-state index contributed by atoms with van der Waals surface area (Å²) in [7, 11) is -3.20. The van der Waals surface area contributed by atoms with Crippen molar-refractivity contribution in [2.24, 2.45) is 0 Å². The van der Waals surface area contributed by atoms with Crippen LogP contribution < -0.4 is 15.2 Å². The van der Waals surface area contributed by atoms with E-state index in [4.69, 9.17) is 22.1 Å². The Morgan fingerprint density at radius 3 is 2.62 bits per heavy atom. The first-order valence-electron chi connectivity index (χ1n) is 8.65. The number of ether oxygens (including phenoxy) is 1. The van der Waals surface area contributed by atoms with E-state index < -0.39 is 37.8 Å². The van der Waals surface area contributed by atoms with Gasteiger partial charge in [0.15, 0.2) is 16.4 Å². The molecule has 0 radical (unpaired) electrons. The van der Waals surface area contributed by atoms with Crippen LogP contribution in [-0.2, 0) is 10.0 Å². The van der Waals surface area contributed by atoms with E-state index in [1.54, 1.807) is 0 Å². The number of nitrogens with zero attached hydrogens (tertiary/aromatic N) is 5. The van der Waals surface area contributed by atoms with E-state index in [1.165, 1.54) is 19.5 Å². The molecule has 3 N–H and O–H groups in total. The molecule has 0 bridgehead atoms. The molecule has 0 fully saturated rings. The molecule has 0 spiro atoms. The number of anilines is 2. The number of nitrogens with one attached hydrogen (secondary N) is 1. The second-order valence-corrected chi connectivity index (χ2v) is 8.33. The number of nitrogens with two attached hydrogens (primary N) is 1. The van der Waals surface area contributed by atoms with Gasteiger partial charge < -0.3 is 10.5 Å². The van der Waals surface area contributed by atoms with Gasteiger partial charge in [0.25, 0.3) is 10.0 Å². The summed E-state index contributed by atoms with van der Waals surface area (Å²) in [6.45, 7) is 0. The Bertz CT molecular complexity index is 1470. The van der Waals surface area contributed by atoms with E-state index in [9.17, 15) is 12.8 Å². The minimum Gasteiger partial charge on any atom is -0.480 e. The molecule has 14 heteroatoms. The molecule has 0 aliphatic heterocycles. The monoisotopic (exact) mass is 479 g/mol. The van der Waals surface area contributed by atoms with Crippen LogP contribution in [0.1, 0.15) is 0 Å². The molecule has 0 amide bonds. The van der Waals surface area contributed by atoms with Gasteiger partial charge in [0.05, 0.1) is 41.5 Å². The quantitative estimate of drug-likeness (QED) is 0.441. The fraction of sp³-hybridized carbons (Fsp3) is 0.0556. The molecule has 3 aromatic heterocycles. The van der Waals surface area contributed by atoms with Crippen LogP contribution in [0.2, 0.25) is 5.02 Å². The topological polar surface area (TPSA) is 146 Å². The standard InChI is InChI=1S/C18H12ClF2N7O3S/c1-31-17-13(4-8(19)5-24-17)32(29,30)28-10-3-2-9(20)14(15(10)21)11-6-23-16-12(26-11)7-25-18(22)27-16/h2-7,28H,1H3,(H2,22,23,25,27). The highest BCUT2D eigenvalue weighted by Gasteiger charge is 2.25. The molecule has 0 saturated carbocycles. The maximum Gasteiger partial charge on any atom is 0.267 e. The number of rotatable bonds is 5. The largest absolute Gasteiger partial charge is 0.480 e. The Kier molecular flexibility index (Phi) is 5.44. The zero-order chi connectivity index (χ0) is 23.0. The summed E-state index contributed by atoms with van der Waals surface area (Å²) < 4.78 is 62.4. The summed E-state index contributed by atoms with van der Waals surface area (Å²) in [5.41, 5.74) is 4.39. The van der Waals surface area contributed by atoms with Crippen molar-refractivity contribution < 1.29 is 21.9 Å². The number of nitrogen functional groups attached to an aromatic ring is 1. The van der Waals surface area contributed by atoms with Crippen LogP contribution in [0.15, 0.2) is 41.7 Å². The Hall–Kier alpha value is -3.71. The van der Waals surface area contributed by atoms with E-state index in [2.05, 4.69) is 24.9 Å². The lowest BCUT2D eigenvalue weighted by molar-refractivity contribution is 0.385. The smallest absolute Gasteiger partial charge is 0.267 e. The first-order chi connectivity index (χ1) is 15.2. The van der Waals surface area contributed by atoms with Gasteiger partial charge in [-0.2, -0.15) is 4.98 Å². The van der Waals surface area contributed by atoms with Gasteiger partial charge in [0, 0.05) is 6.20 Å². The van der Waals surface area contributed by atoms with Crippen LogP contribution in [-0.4, -0.2) is 40.4 Å². The Balaban J connectivity index is 1.79. The molecule has 164 valence electrons. The summed E-state index contributed by atoms with van der Waals surface area (Å²) in [6, 6.07) is 2.89. The van der Waals surface area contributed by atoms with Gasteiger partial charge in [-0.3, -0.25) is 4.72 Å². The molecule has 0 aliphatic rings. The Morgan fingerprint density at radius 1 is 1.09 bits per heavy atom. The summed E-state index contributed by atoms with van der Waals surface area (Å²) in [6.07, 6.45) is 3.51. The number of aromatic nitrogens is 5. The zero-order valence-corrected chi connectivity index (χ0v) is 17.6. The number of fused-ring (bicyclic) bond motifs is 1. The highest BCUT2D eigenvalue weighted by atomic mass is 35.5. The SMILES string of the molecule is COc1ncc(Cl)cc1S(=O)(=O)Nc1ccc(F)c(-c2cnc3nc(N)ncc3n2)c1F. The number of methoxy groups -OCH3 is 1. The van der Waals surface area contributed by atoms with Crippen molar-refractivity contribution in [2.75, 3.05) is 17.6 Å². The van der Waals surface area contributed by atoms with Crippen LogP contribution in [0.5, 0.6) is 5.88 Å². The number of sulfonamides is 1. The lowest BCUT2D eigenvalue weighted by Crippen LogP contribution is -2.16. The van der Waals surface area contributed by atoms with E-state index in [-0.39, 0.29) is 33.7 Å². The van der Waals surface area contributed by atoms with Crippen molar-refractivity contribution in [2.45, 2.75) is 4.90 Å². The minimum atomic E-state index is -4.41. The second-order valence-electron chi connectivity index (χ2n) is 6.24. The van der Waals surface area contributed by atoms with Crippen molar-refractivity contribution in [3.05, 3.63) is 53.4 Å². The maximum atomic E-state index is 15.2. The lowest BCUT2D eigenvalue weighted by atomic mass is 10.1. The average Bonchev–Trinajstić information content (AvgIpc) is 2.76. The molecule has 3 heterocycles. The highest BCUT2D eigenvalue weighted by Crippen LogP contribution is 2.32. The molecular weight excluding hydrogens is 468 g/mol. The van der Waals surface area contributed by atoms with Crippen LogP contribution in [0.25, 0.3) is 22.4 Å². The van der Waals surface area contributed by atoms with Gasteiger partial charge in [-0.1, -0.05) is 11.6 Å². The maximum absolute atomic E-state index is 15.2. The first-order valence-corrected chi connectivity index (χ1v) is 10.5. The van der Waals surface area contributed by atoms with Crippen molar-refractivity contribution in [1.29, 1.82) is 0 Å². The van der Waals surface area contributed by atoms with Crippen molar-refractivity contribution in [1.82, 2.24) is 24.9 Å². The Labute approximate surface area is 184 Å². The Morgan fingerprint density at radius 2 is 1.88 bits per heavy atom. The van der Waals surface area contributed by atoms with Crippen LogP contribution >= 0.6 is 11.6 Å². The number of hydrogen-bond donors (Lipinski definition) is 2. The molecule has 10 nitrogen and oxygen atoms in total. The molecule has 1 aromatic carbocycles. The van der Waals surface area contributed by atoms with Gasteiger partial charge in [0.2, 0.25) is 11.8 Å². The normalized spacial score (nSPS) is 11.5. The summed E-state index contributed by atoms with van der Waals surface area (Å²) in [4.78, 5) is 19.0. The van der Waals surface area contributed by atoms with Gasteiger partial charge in [-0.25, -0.2) is 37.1 Å². The van der Waals surface area contributed by atoms with Crippen molar-refractivity contribution >= 4 is 44.4 Å².